The van der Waals surface area contributed by atoms with E-state index in [1.807, 2.05) is 63.4 Å². The van der Waals surface area contributed by atoms with E-state index in [4.69, 9.17) is 4.52 Å². The summed E-state index contributed by atoms with van der Waals surface area (Å²) >= 11 is 1.41. The first-order valence-corrected chi connectivity index (χ1v) is 11.6. The smallest absolute Gasteiger partial charge is 0.321 e. The Bertz CT molecular complexity index is 1300. The minimum absolute atomic E-state index is 0.0989. The summed E-state index contributed by atoms with van der Waals surface area (Å²) in [7, 11) is 3.96. The molecule has 0 aliphatic rings. The minimum Gasteiger partial charge on any atom is -0.395 e. The Labute approximate surface area is 201 Å². The second kappa shape index (κ2) is 9.74. The summed E-state index contributed by atoms with van der Waals surface area (Å²) in [5.74, 6) is 0.838. The molecule has 0 fully saturated rings. The number of aliphatic hydroxyl groups excluding tert-OH is 1. The van der Waals surface area contributed by atoms with Gasteiger partial charge in [-0.15, -0.1) is 0 Å². The molecule has 0 saturated heterocycles. The number of hydrogen-bond donors (Lipinski definition) is 3. The van der Waals surface area contributed by atoms with Crippen molar-refractivity contribution in [3.8, 4) is 11.1 Å². The molecule has 11 heteroatoms. The van der Waals surface area contributed by atoms with Crippen molar-refractivity contribution in [1.29, 1.82) is 0 Å². The van der Waals surface area contributed by atoms with Crippen LogP contribution in [0.15, 0.2) is 41.2 Å². The Morgan fingerprint density at radius 2 is 2.00 bits per heavy atom. The number of carbonyl (C=O) groups is 1. The maximum absolute atomic E-state index is 12.3. The van der Waals surface area contributed by atoms with E-state index in [1.54, 1.807) is 0 Å². The van der Waals surface area contributed by atoms with Gasteiger partial charge in [-0.1, -0.05) is 22.6 Å². The molecule has 0 spiro atoms. The molecule has 0 unspecified atom stereocenters. The van der Waals surface area contributed by atoms with Crippen molar-refractivity contribution in [3.05, 3.63) is 48.4 Å². The quantitative estimate of drug-likeness (QED) is 0.349. The molecule has 10 nitrogen and oxygen atoms in total. The number of carbonyl (C=O) groups excluding carboxylic acids is 1. The van der Waals surface area contributed by atoms with Crippen molar-refractivity contribution < 1.29 is 14.4 Å². The monoisotopic (exact) mass is 481 g/mol. The van der Waals surface area contributed by atoms with E-state index in [0.717, 1.165) is 27.0 Å². The molecule has 4 aromatic rings. The number of thiazole rings is 1. The van der Waals surface area contributed by atoms with Crippen LogP contribution in [-0.2, 0) is 11.8 Å². The Morgan fingerprint density at radius 3 is 2.76 bits per heavy atom. The maximum Gasteiger partial charge on any atom is 0.321 e. The van der Waals surface area contributed by atoms with Crippen molar-refractivity contribution in [2.75, 3.05) is 37.5 Å². The first-order chi connectivity index (χ1) is 16.2. The van der Waals surface area contributed by atoms with Gasteiger partial charge < -0.3 is 19.8 Å². The zero-order valence-corrected chi connectivity index (χ0v) is 20.3. The normalized spacial score (nSPS) is 11.6. The number of nitrogens with one attached hydrogen (secondary N) is 2. The van der Waals surface area contributed by atoms with Crippen LogP contribution in [0.2, 0.25) is 0 Å². The topological polar surface area (TPSA) is 129 Å². The fourth-order valence-electron chi connectivity index (χ4n) is 3.12. The number of amides is 2. The number of rotatable bonds is 8. The highest BCUT2D eigenvalue weighted by Crippen LogP contribution is 2.31. The molecule has 3 heterocycles. The fourth-order valence-corrected chi connectivity index (χ4v) is 4.02. The van der Waals surface area contributed by atoms with Crippen LogP contribution in [-0.4, -0.2) is 58.5 Å². The number of anilines is 2. The third-order valence-corrected chi connectivity index (χ3v) is 6.19. The molecule has 0 radical (unpaired) electrons. The molecule has 3 N–H and O–H groups in total. The molecular weight excluding hydrogens is 454 g/mol. The second-order valence-electron chi connectivity index (χ2n) is 8.72. The van der Waals surface area contributed by atoms with Gasteiger partial charge in [-0.2, -0.15) is 4.98 Å². The van der Waals surface area contributed by atoms with Crippen LogP contribution in [0.4, 0.5) is 15.6 Å². The molecular formula is C23H27N7O3S. The molecule has 4 rings (SSSR count). The predicted molar refractivity (Wildman–Crippen MR) is 132 cm³/mol. The number of aromatic nitrogens is 4. The molecule has 3 aromatic heterocycles. The first kappa shape index (κ1) is 23.6. The van der Waals surface area contributed by atoms with E-state index < -0.39 is 5.41 Å². The molecule has 0 atom stereocenters. The lowest BCUT2D eigenvalue weighted by Crippen LogP contribution is -2.30. The third kappa shape index (κ3) is 5.32. The van der Waals surface area contributed by atoms with Gasteiger partial charge in [0.05, 0.1) is 34.1 Å². The summed E-state index contributed by atoms with van der Waals surface area (Å²) in [6, 6.07) is 7.71. The van der Waals surface area contributed by atoms with Gasteiger partial charge in [-0.3, -0.25) is 10.3 Å². The van der Waals surface area contributed by atoms with Crippen LogP contribution in [0, 0.1) is 0 Å². The number of nitrogens with zero attached hydrogens (tertiary/aromatic N) is 5. The Morgan fingerprint density at radius 1 is 1.18 bits per heavy atom. The van der Waals surface area contributed by atoms with Crippen molar-refractivity contribution in [2.45, 2.75) is 25.7 Å². The van der Waals surface area contributed by atoms with Crippen molar-refractivity contribution >= 4 is 38.4 Å². The fraction of sp³-hybridized carbons (Fsp3) is 0.348. The van der Waals surface area contributed by atoms with Gasteiger partial charge in [-0.25, -0.2) is 9.78 Å². The SMILES string of the molecule is CN(C)c1cncc(-c2ccc3nc(NC(=O)NCCc4noc(C(C)(C)CO)n4)sc3c2)c1. The van der Waals surface area contributed by atoms with E-state index >= 15 is 0 Å². The molecule has 0 saturated carbocycles. The molecule has 34 heavy (non-hydrogen) atoms. The van der Waals surface area contributed by atoms with Crippen molar-refractivity contribution in [2.24, 2.45) is 0 Å². The molecule has 1 aromatic carbocycles. The number of fused-ring (bicyclic) bond motifs is 1. The van der Waals surface area contributed by atoms with E-state index in [-0.39, 0.29) is 12.6 Å². The third-order valence-electron chi connectivity index (χ3n) is 5.26. The van der Waals surface area contributed by atoms with Crippen LogP contribution in [0.3, 0.4) is 0 Å². The van der Waals surface area contributed by atoms with Crippen LogP contribution < -0.4 is 15.5 Å². The summed E-state index contributed by atoms with van der Waals surface area (Å²) in [5.41, 5.74) is 3.28. The van der Waals surface area contributed by atoms with Gasteiger partial charge in [0.15, 0.2) is 11.0 Å². The van der Waals surface area contributed by atoms with Gasteiger partial charge in [-0.05, 0) is 37.6 Å². The summed E-state index contributed by atoms with van der Waals surface area (Å²) in [5, 5.41) is 19.4. The molecule has 0 aliphatic heterocycles. The highest BCUT2D eigenvalue weighted by atomic mass is 32.1. The van der Waals surface area contributed by atoms with E-state index in [0.29, 0.717) is 29.8 Å². The maximum atomic E-state index is 12.3. The zero-order valence-electron chi connectivity index (χ0n) is 19.5. The van der Waals surface area contributed by atoms with Crippen LogP contribution in [0.5, 0.6) is 0 Å². The summed E-state index contributed by atoms with van der Waals surface area (Å²) < 4.78 is 6.17. The average Bonchev–Trinajstić information content (AvgIpc) is 3.45. The van der Waals surface area contributed by atoms with Gasteiger partial charge in [0.1, 0.15) is 0 Å². The van der Waals surface area contributed by atoms with Crippen molar-refractivity contribution in [3.63, 3.8) is 0 Å². The first-order valence-electron chi connectivity index (χ1n) is 10.8. The summed E-state index contributed by atoms with van der Waals surface area (Å²) in [6.45, 7) is 3.86. The van der Waals surface area contributed by atoms with Gasteiger partial charge >= 0.3 is 6.03 Å². The van der Waals surface area contributed by atoms with E-state index in [2.05, 4.69) is 36.8 Å². The average molecular weight is 482 g/mol. The lowest BCUT2D eigenvalue weighted by Gasteiger charge is -2.14. The van der Waals surface area contributed by atoms with Gasteiger partial charge in [0.2, 0.25) is 5.89 Å². The summed E-state index contributed by atoms with van der Waals surface area (Å²) in [4.78, 5) is 27.4. The Kier molecular flexibility index (Phi) is 6.75. The van der Waals surface area contributed by atoms with Crippen LogP contribution >= 0.6 is 11.3 Å². The molecule has 2 amide bonds. The van der Waals surface area contributed by atoms with Gasteiger partial charge in [0.25, 0.3) is 0 Å². The number of benzene rings is 1. The lowest BCUT2D eigenvalue weighted by molar-refractivity contribution is 0.182. The number of aliphatic hydroxyl groups is 1. The second-order valence-corrected chi connectivity index (χ2v) is 9.75. The zero-order chi connectivity index (χ0) is 24.3. The Balaban J connectivity index is 1.36. The Hall–Kier alpha value is -3.57. The number of urea groups is 1. The highest BCUT2D eigenvalue weighted by molar-refractivity contribution is 7.22. The molecule has 178 valence electrons. The number of pyridine rings is 1. The standard InChI is InChI=1S/C23H27N7O3S/c1-23(2,13-31)20-27-19(29-33-20)7-8-25-21(32)28-22-26-17-6-5-14(10-18(17)34-22)15-9-16(30(3)4)12-24-11-15/h5-6,9-12,31H,7-8,13H2,1-4H3,(H2,25,26,28,32). The van der Waals surface area contributed by atoms with Crippen LogP contribution in [0.25, 0.3) is 21.3 Å². The minimum atomic E-state index is -0.603. The summed E-state index contributed by atoms with van der Waals surface area (Å²) in [6.07, 6.45) is 4.06. The largest absolute Gasteiger partial charge is 0.395 e. The van der Waals surface area contributed by atoms with Gasteiger partial charge in [0, 0.05) is 38.8 Å². The van der Waals surface area contributed by atoms with E-state index in [9.17, 15) is 9.90 Å². The van der Waals surface area contributed by atoms with E-state index in [1.165, 1.54) is 11.3 Å². The lowest BCUT2D eigenvalue weighted by atomic mass is 9.95. The molecule has 0 aliphatic carbocycles. The van der Waals surface area contributed by atoms with Crippen LogP contribution in [0.1, 0.15) is 25.6 Å². The highest BCUT2D eigenvalue weighted by Gasteiger charge is 2.26. The number of hydrogen-bond acceptors (Lipinski definition) is 9. The predicted octanol–water partition coefficient (Wildman–Crippen LogP) is 3.44. The molecule has 0 bridgehead atoms. The van der Waals surface area contributed by atoms with Crippen molar-refractivity contribution in [1.82, 2.24) is 25.4 Å².